The van der Waals surface area contributed by atoms with E-state index >= 15 is 0 Å². The molecule has 2 saturated heterocycles. The Morgan fingerprint density at radius 1 is 1.12 bits per heavy atom. The molecule has 134 valence electrons. The number of nitrogens with zero attached hydrogens (tertiary/aromatic N) is 1. The normalized spacial score (nSPS) is 30.2. The van der Waals surface area contributed by atoms with E-state index < -0.39 is 0 Å². The van der Waals surface area contributed by atoms with Crippen molar-refractivity contribution >= 4 is 0 Å². The third kappa shape index (κ3) is 4.79. The molecule has 1 unspecified atom stereocenters. The van der Waals surface area contributed by atoms with Crippen molar-refractivity contribution in [3.63, 3.8) is 0 Å². The first kappa shape index (κ1) is 17.9. The van der Waals surface area contributed by atoms with Crippen molar-refractivity contribution in [1.82, 2.24) is 10.2 Å². The maximum atomic E-state index is 5.91. The molecular formula is C20H32N2O2. The quantitative estimate of drug-likeness (QED) is 0.899. The molecule has 1 aromatic carbocycles. The Morgan fingerprint density at radius 2 is 1.79 bits per heavy atom. The summed E-state index contributed by atoms with van der Waals surface area (Å²) in [6.07, 6.45) is 2.87. The zero-order chi connectivity index (χ0) is 16.9. The zero-order valence-corrected chi connectivity index (χ0v) is 15.3. The minimum Gasteiger partial charge on any atom is -0.379 e. The van der Waals surface area contributed by atoms with E-state index in [0.29, 0.717) is 24.3 Å². The molecular weight excluding hydrogens is 300 g/mol. The summed E-state index contributed by atoms with van der Waals surface area (Å²) in [5.41, 5.74) is 2.80. The summed E-state index contributed by atoms with van der Waals surface area (Å²) in [7, 11) is 0. The van der Waals surface area contributed by atoms with Gasteiger partial charge in [-0.1, -0.05) is 24.3 Å². The molecule has 1 aromatic rings. The van der Waals surface area contributed by atoms with Crippen LogP contribution in [0.25, 0.3) is 0 Å². The first-order valence-corrected chi connectivity index (χ1v) is 9.39. The van der Waals surface area contributed by atoms with Gasteiger partial charge in [0.1, 0.15) is 0 Å². The van der Waals surface area contributed by atoms with E-state index in [2.05, 4.69) is 55.3 Å². The minimum absolute atomic E-state index is 0.340. The van der Waals surface area contributed by atoms with Crippen LogP contribution in [0.15, 0.2) is 24.3 Å². The van der Waals surface area contributed by atoms with E-state index in [-0.39, 0.29) is 0 Å². The Balaban J connectivity index is 1.72. The lowest BCUT2D eigenvalue weighted by atomic mass is 9.95. The fraction of sp³-hybridized carbons (Fsp3) is 0.700. The van der Waals surface area contributed by atoms with E-state index in [1.54, 1.807) is 0 Å². The van der Waals surface area contributed by atoms with Gasteiger partial charge in [-0.2, -0.15) is 0 Å². The molecule has 4 nitrogen and oxygen atoms in total. The van der Waals surface area contributed by atoms with E-state index in [0.717, 1.165) is 45.7 Å². The Hall–Kier alpha value is -0.940. The molecule has 3 rings (SSSR count). The number of aryl methyl sites for hydroxylation is 1. The molecule has 2 aliphatic rings. The summed E-state index contributed by atoms with van der Waals surface area (Å²) in [5.74, 6) is 0. The maximum Gasteiger partial charge on any atom is 0.0594 e. The van der Waals surface area contributed by atoms with Crippen LogP contribution in [0.4, 0.5) is 0 Å². The third-order valence-corrected chi connectivity index (χ3v) is 5.24. The van der Waals surface area contributed by atoms with Crippen LogP contribution in [-0.4, -0.2) is 56.0 Å². The number of ether oxygens (including phenoxy) is 2. The molecule has 0 spiro atoms. The fourth-order valence-electron chi connectivity index (χ4n) is 4.09. The predicted octanol–water partition coefficient (Wildman–Crippen LogP) is 2.91. The second-order valence-corrected chi connectivity index (χ2v) is 7.41. The Bertz CT molecular complexity index is 506. The Kier molecular flexibility index (Phi) is 6.28. The number of benzene rings is 1. The molecule has 0 amide bonds. The molecule has 4 atom stereocenters. The molecule has 0 aromatic heterocycles. The van der Waals surface area contributed by atoms with Crippen LogP contribution < -0.4 is 5.32 Å². The first-order chi connectivity index (χ1) is 11.6. The Labute approximate surface area is 146 Å². The summed E-state index contributed by atoms with van der Waals surface area (Å²) in [4.78, 5) is 2.53. The molecule has 2 fully saturated rings. The molecule has 0 saturated carbocycles. The number of nitrogens with one attached hydrogen (secondary N) is 1. The number of hydrogen-bond acceptors (Lipinski definition) is 4. The van der Waals surface area contributed by atoms with Gasteiger partial charge in [-0.3, -0.25) is 4.90 Å². The lowest BCUT2D eigenvalue weighted by molar-refractivity contribution is -0.0447. The van der Waals surface area contributed by atoms with Gasteiger partial charge in [-0.15, -0.1) is 0 Å². The number of hydrogen-bond donors (Lipinski definition) is 1. The Morgan fingerprint density at radius 3 is 2.46 bits per heavy atom. The van der Waals surface area contributed by atoms with Gasteiger partial charge in [0.2, 0.25) is 0 Å². The lowest BCUT2D eigenvalue weighted by Gasteiger charge is -2.37. The van der Waals surface area contributed by atoms with Gasteiger partial charge in [-0.25, -0.2) is 0 Å². The maximum absolute atomic E-state index is 5.91. The van der Waals surface area contributed by atoms with E-state index in [9.17, 15) is 0 Å². The van der Waals surface area contributed by atoms with Gasteiger partial charge in [0, 0.05) is 31.7 Å². The monoisotopic (exact) mass is 332 g/mol. The highest BCUT2D eigenvalue weighted by molar-refractivity contribution is 5.29. The predicted molar refractivity (Wildman–Crippen MR) is 97.3 cm³/mol. The topological polar surface area (TPSA) is 33.7 Å². The second kappa shape index (κ2) is 8.43. The molecule has 0 bridgehead atoms. The van der Waals surface area contributed by atoms with Crippen LogP contribution in [0.1, 0.15) is 43.9 Å². The smallest absolute Gasteiger partial charge is 0.0594 e. The zero-order valence-electron chi connectivity index (χ0n) is 15.3. The van der Waals surface area contributed by atoms with Crippen LogP contribution in [0.5, 0.6) is 0 Å². The number of morpholine rings is 1. The summed E-state index contributed by atoms with van der Waals surface area (Å²) in [5, 5.41) is 3.96. The van der Waals surface area contributed by atoms with Crippen LogP contribution >= 0.6 is 0 Å². The fourth-order valence-corrected chi connectivity index (χ4v) is 4.09. The average Bonchev–Trinajstić information content (AvgIpc) is 2.55. The highest BCUT2D eigenvalue weighted by atomic mass is 16.5. The van der Waals surface area contributed by atoms with E-state index in [1.165, 1.54) is 11.1 Å². The molecule has 4 heteroatoms. The third-order valence-electron chi connectivity index (χ3n) is 5.24. The summed E-state index contributed by atoms with van der Waals surface area (Å²) in [6, 6.07) is 9.67. The second-order valence-electron chi connectivity index (χ2n) is 7.41. The molecule has 1 N–H and O–H groups in total. The summed E-state index contributed by atoms with van der Waals surface area (Å²) < 4.78 is 11.4. The van der Waals surface area contributed by atoms with Crippen molar-refractivity contribution in [2.24, 2.45) is 0 Å². The average molecular weight is 332 g/mol. The SMILES string of the molecule is Cc1ccccc1[C@H](CN1CCOCC1)NC1C[C@@H](C)O[C@@H](C)C1. The van der Waals surface area contributed by atoms with Gasteiger partial charge in [0.25, 0.3) is 0 Å². The van der Waals surface area contributed by atoms with Crippen molar-refractivity contribution in [2.75, 3.05) is 32.8 Å². The van der Waals surface area contributed by atoms with Crippen LogP contribution in [0, 0.1) is 6.92 Å². The van der Waals surface area contributed by atoms with Gasteiger partial charge < -0.3 is 14.8 Å². The van der Waals surface area contributed by atoms with Crippen LogP contribution in [0.3, 0.4) is 0 Å². The first-order valence-electron chi connectivity index (χ1n) is 9.39. The molecule has 24 heavy (non-hydrogen) atoms. The van der Waals surface area contributed by atoms with Crippen LogP contribution in [-0.2, 0) is 9.47 Å². The van der Waals surface area contributed by atoms with Crippen molar-refractivity contribution in [3.05, 3.63) is 35.4 Å². The van der Waals surface area contributed by atoms with E-state index in [1.807, 2.05) is 0 Å². The molecule has 0 radical (unpaired) electrons. The summed E-state index contributed by atoms with van der Waals surface area (Å²) >= 11 is 0. The lowest BCUT2D eigenvalue weighted by Crippen LogP contribution is -2.47. The highest BCUT2D eigenvalue weighted by Gasteiger charge is 2.28. The van der Waals surface area contributed by atoms with Gasteiger partial charge >= 0.3 is 0 Å². The highest BCUT2D eigenvalue weighted by Crippen LogP contribution is 2.25. The summed E-state index contributed by atoms with van der Waals surface area (Å²) in [6.45, 7) is 11.4. The van der Waals surface area contributed by atoms with Crippen molar-refractivity contribution in [3.8, 4) is 0 Å². The van der Waals surface area contributed by atoms with Gasteiger partial charge in [0.05, 0.1) is 25.4 Å². The van der Waals surface area contributed by atoms with Gasteiger partial charge in [0.15, 0.2) is 0 Å². The van der Waals surface area contributed by atoms with Crippen molar-refractivity contribution in [2.45, 2.75) is 57.9 Å². The van der Waals surface area contributed by atoms with Gasteiger partial charge in [-0.05, 0) is 44.7 Å². The van der Waals surface area contributed by atoms with Crippen molar-refractivity contribution in [1.29, 1.82) is 0 Å². The van der Waals surface area contributed by atoms with Crippen molar-refractivity contribution < 1.29 is 9.47 Å². The van der Waals surface area contributed by atoms with E-state index in [4.69, 9.17) is 9.47 Å². The minimum atomic E-state index is 0.340. The molecule has 0 aliphatic carbocycles. The molecule has 2 heterocycles. The largest absolute Gasteiger partial charge is 0.379 e. The van der Waals surface area contributed by atoms with Crippen LogP contribution in [0.2, 0.25) is 0 Å². The standard InChI is InChI=1S/C20H32N2O2/c1-15-6-4-5-7-19(15)20(14-22-8-10-23-11-9-22)21-18-12-16(2)24-17(3)13-18/h4-7,16-18,20-21H,8-14H2,1-3H3/t16-,17+,18?,20-/m0/s1. The number of rotatable bonds is 5. The molecule has 2 aliphatic heterocycles.